The van der Waals surface area contributed by atoms with Gasteiger partial charge in [-0.25, -0.2) is 5.43 Å². The highest BCUT2D eigenvalue weighted by molar-refractivity contribution is 7.83. The van der Waals surface area contributed by atoms with Gasteiger partial charge in [-0.05, 0) is 12.8 Å². The van der Waals surface area contributed by atoms with E-state index in [1.165, 1.54) is 6.42 Å². The van der Waals surface area contributed by atoms with Gasteiger partial charge < -0.3 is 0 Å². The first-order valence-electron chi connectivity index (χ1n) is 4.52. The van der Waals surface area contributed by atoms with Crippen molar-refractivity contribution in [1.29, 1.82) is 0 Å². The van der Waals surface area contributed by atoms with Crippen molar-refractivity contribution < 1.29 is 12.3 Å². The van der Waals surface area contributed by atoms with E-state index in [2.05, 4.69) is 5.43 Å². The maximum absolute atomic E-state index is 12.4. The summed E-state index contributed by atoms with van der Waals surface area (Å²) in [6.07, 6.45) is 5.32. The highest BCUT2D eigenvalue weighted by Gasteiger charge is 2.48. The minimum atomic E-state index is -4.52. The van der Waals surface area contributed by atoms with Crippen molar-refractivity contribution in [3.8, 4) is 0 Å². The van der Waals surface area contributed by atoms with E-state index in [9.17, 15) is 12.3 Å². The molecule has 0 aromatic carbocycles. The molecule has 0 amide bonds. The Morgan fingerprint density at radius 2 is 1.77 bits per heavy atom. The Morgan fingerprint density at radius 3 is 2.23 bits per heavy atom. The van der Waals surface area contributed by atoms with Crippen LogP contribution >= 0.6 is 0 Å². The van der Waals surface area contributed by atoms with Crippen molar-refractivity contribution in [3.63, 3.8) is 0 Å². The summed E-state index contributed by atoms with van der Waals surface area (Å²) in [7, 11) is -4.52. The molecule has 13 heavy (non-hydrogen) atoms. The lowest BCUT2D eigenvalue weighted by Gasteiger charge is -2.50. The van der Waals surface area contributed by atoms with Gasteiger partial charge in [0.05, 0.1) is 6.54 Å². The third-order valence-corrected chi connectivity index (χ3v) is 3.63. The van der Waals surface area contributed by atoms with E-state index in [1.807, 2.05) is 0 Å². The molecule has 2 rings (SSSR count). The van der Waals surface area contributed by atoms with Crippen LogP contribution in [0.4, 0.5) is 3.89 Å². The highest BCUT2D eigenvalue weighted by Crippen LogP contribution is 2.35. The molecule has 2 aliphatic rings. The van der Waals surface area contributed by atoms with Crippen LogP contribution in [0.15, 0.2) is 0 Å². The number of rotatable bonds is 1. The Bertz CT molecular complexity index is 290. The summed E-state index contributed by atoms with van der Waals surface area (Å²) in [6, 6.07) is 0. The van der Waals surface area contributed by atoms with Gasteiger partial charge in [0.2, 0.25) is 0 Å². The maximum Gasteiger partial charge on any atom is 0.387 e. The number of nitrogens with one attached hydrogen (secondary N) is 1. The van der Waals surface area contributed by atoms with Crippen LogP contribution in [0.1, 0.15) is 32.1 Å². The normalized spacial score (nSPS) is 28.7. The molecule has 0 aromatic heterocycles. The summed E-state index contributed by atoms with van der Waals surface area (Å²) < 4.78 is 34.0. The van der Waals surface area contributed by atoms with Crippen molar-refractivity contribution in [1.82, 2.24) is 9.84 Å². The molecular weight excluding hydrogens is 195 g/mol. The van der Waals surface area contributed by atoms with Gasteiger partial charge in [0.25, 0.3) is 0 Å². The van der Waals surface area contributed by atoms with E-state index >= 15 is 0 Å². The Morgan fingerprint density at radius 1 is 1.23 bits per heavy atom. The van der Waals surface area contributed by atoms with Crippen molar-refractivity contribution in [3.05, 3.63) is 0 Å². The molecule has 6 heteroatoms. The lowest BCUT2D eigenvalue weighted by atomic mass is 9.80. The van der Waals surface area contributed by atoms with Crippen LogP contribution in [0.5, 0.6) is 0 Å². The van der Waals surface area contributed by atoms with Crippen molar-refractivity contribution in [2.45, 2.75) is 37.6 Å². The Hall–Kier alpha value is -0.200. The summed E-state index contributed by atoms with van der Waals surface area (Å²) in [5, 5.41) is 0. The SMILES string of the molecule is O=S(=O)(F)N1CC2(CCCCC2)N1. The lowest BCUT2D eigenvalue weighted by molar-refractivity contribution is 0.0104. The Balaban J connectivity index is 1.96. The predicted octanol–water partition coefficient (Wildman–Crippen LogP) is 0.724. The summed E-state index contributed by atoms with van der Waals surface area (Å²) in [5.74, 6) is 0. The second-order valence-corrected chi connectivity index (χ2v) is 5.17. The van der Waals surface area contributed by atoms with Crippen molar-refractivity contribution in [2.24, 2.45) is 0 Å². The monoisotopic (exact) mass is 208 g/mol. The zero-order chi connectivity index (χ0) is 9.53. The second-order valence-electron chi connectivity index (χ2n) is 3.90. The second kappa shape index (κ2) is 2.90. The molecule has 0 radical (unpaired) electrons. The standard InChI is InChI=1S/C7H13FN2O2S/c8-13(11,12)10-6-7(9-10)4-2-1-3-5-7/h9H,1-6H2. The molecule has 76 valence electrons. The lowest BCUT2D eigenvalue weighted by Crippen LogP contribution is -2.72. The summed E-state index contributed by atoms with van der Waals surface area (Å²) in [4.78, 5) is 0. The van der Waals surface area contributed by atoms with Crippen LogP contribution < -0.4 is 5.43 Å². The van der Waals surface area contributed by atoms with Crippen LogP contribution in [-0.2, 0) is 10.4 Å². The third-order valence-electron chi connectivity index (χ3n) is 2.88. The zero-order valence-corrected chi connectivity index (χ0v) is 8.11. The molecule has 0 unspecified atom stereocenters. The van der Waals surface area contributed by atoms with Gasteiger partial charge in [0.1, 0.15) is 0 Å². The minimum absolute atomic E-state index is 0.114. The van der Waals surface area contributed by atoms with Gasteiger partial charge >= 0.3 is 10.4 Å². The molecule has 1 aliphatic carbocycles. The molecule has 0 aromatic rings. The Labute approximate surface area is 77.4 Å². The van der Waals surface area contributed by atoms with E-state index in [0.717, 1.165) is 25.7 Å². The molecule has 2 fully saturated rings. The van der Waals surface area contributed by atoms with Crippen molar-refractivity contribution >= 4 is 10.4 Å². The molecule has 4 nitrogen and oxygen atoms in total. The fourth-order valence-electron chi connectivity index (χ4n) is 2.15. The van der Waals surface area contributed by atoms with E-state index < -0.39 is 10.4 Å². The predicted molar refractivity (Wildman–Crippen MR) is 45.7 cm³/mol. The van der Waals surface area contributed by atoms with E-state index in [4.69, 9.17) is 0 Å². The van der Waals surface area contributed by atoms with Gasteiger partial charge in [0, 0.05) is 5.54 Å². The number of hydrazine groups is 1. The first-order chi connectivity index (χ1) is 6.02. The van der Waals surface area contributed by atoms with Crippen LogP contribution in [0, 0.1) is 0 Å². The quantitative estimate of drug-likeness (QED) is 0.646. The van der Waals surface area contributed by atoms with E-state index in [1.54, 1.807) is 0 Å². The number of hydrogen-bond acceptors (Lipinski definition) is 3. The zero-order valence-electron chi connectivity index (χ0n) is 7.29. The molecule has 1 saturated heterocycles. The van der Waals surface area contributed by atoms with Crippen LogP contribution in [-0.4, -0.2) is 24.9 Å². The third kappa shape index (κ3) is 1.70. The molecule has 1 spiro atoms. The average Bonchev–Trinajstić information content (AvgIpc) is 2.00. The van der Waals surface area contributed by atoms with Crippen LogP contribution in [0.3, 0.4) is 0 Å². The minimum Gasteiger partial charge on any atom is -0.232 e. The van der Waals surface area contributed by atoms with Gasteiger partial charge in [0.15, 0.2) is 0 Å². The molecule has 1 saturated carbocycles. The molecule has 1 heterocycles. The van der Waals surface area contributed by atoms with Gasteiger partial charge in [-0.1, -0.05) is 23.1 Å². The molecular formula is C7H13FN2O2S. The highest BCUT2D eigenvalue weighted by atomic mass is 32.3. The first-order valence-corrected chi connectivity index (χ1v) is 5.86. The average molecular weight is 208 g/mol. The summed E-state index contributed by atoms with van der Waals surface area (Å²) in [6.45, 7) is 0.297. The fraction of sp³-hybridized carbons (Fsp3) is 1.00. The maximum atomic E-state index is 12.4. The number of nitrogens with zero attached hydrogens (tertiary/aromatic N) is 1. The van der Waals surface area contributed by atoms with Crippen LogP contribution in [0.25, 0.3) is 0 Å². The number of hydrogen-bond donors (Lipinski definition) is 1. The fourth-order valence-corrected chi connectivity index (χ4v) is 2.86. The largest absolute Gasteiger partial charge is 0.387 e. The van der Waals surface area contributed by atoms with Gasteiger partial charge in [-0.2, -0.15) is 8.42 Å². The summed E-state index contributed by atoms with van der Waals surface area (Å²) in [5.41, 5.74) is 2.59. The summed E-state index contributed by atoms with van der Waals surface area (Å²) >= 11 is 0. The van der Waals surface area contributed by atoms with Crippen molar-refractivity contribution in [2.75, 3.05) is 6.54 Å². The van der Waals surface area contributed by atoms with E-state index in [0.29, 0.717) is 11.0 Å². The topological polar surface area (TPSA) is 49.4 Å². The first kappa shape index (κ1) is 9.36. The van der Waals surface area contributed by atoms with Gasteiger partial charge in [-0.3, -0.25) is 0 Å². The molecule has 1 N–H and O–H groups in total. The smallest absolute Gasteiger partial charge is 0.232 e. The van der Waals surface area contributed by atoms with E-state index in [-0.39, 0.29) is 5.54 Å². The number of halogens is 1. The van der Waals surface area contributed by atoms with Crippen LogP contribution in [0.2, 0.25) is 0 Å². The molecule has 0 bridgehead atoms. The molecule has 0 atom stereocenters. The molecule has 1 aliphatic heterocycles. The Kier molecular flexibility index (Phi) is 2.08. The van der Waals surface area contributed by atoms with Gasteiger partial charge in [-0.15, -0.1) is 4.41 Å².